The van der Waals surface area contributed by atoms with E-state index in [4.69, 9.17) is 0 Å². The van der Waals surface area contributed by atoms with Gasteiger partial charge in [-0.3, -0.25) is 0 Å². The number of aliphatic hydroxyl groups is 1. The predicted octanol–water partition coefficient (Wildman–Crippen LogP) is 0.894. The van der Waals surface area contributed by atoms with E-state index in [9.17, 15) is 13.5 Å². The third kappa shape index (κ3) is 2.23. The number of thiophene rings is 1. The van der Waals surface area contributed by atoms with Crippen LogP contribution in [0.5, 0.6) is 0 Å². The summed E-state index contributed by atoms with van der Waals surface area (Å²) in [6, 6.07) is 3.35. The summed E-state index contributed by atoms with van der Waals surface area (Å²) in [5, 5.41) is 11.1. The third-order valence-electron chi connectivity index (χ3n) is 2.51. The molecule has 1 fully saturated rings. The SMILES string of the molecule is O=S(=O)(c1cccs1)N1CCC(O)CC1. The molecule has 1 aliphatic rings. The van der Waals surface area contributed by atoms with Crippen LogP contribution in [0.4, 0.5) is 0 Å². The second-order valence-electron chi connectivity index (χ2n) is 3.57. The van der Waals surface area contributed by atoms with Gasteiger partial charge in [0.05, 0.1) is 6.10 Å². The van der Waals surface area contributed by atoms with Gasteiger partial charge in [0.15, 0.2) is 0 Å². The molecule has 15 heavy (non-hydrogen) atoms. The summed E-state index contributed by atoms with van der Waals surface area (Å²) < 4.78 is 25.9. The van der Waals surface area contributed by atoms with Crippen molar-refractivity contribution in [1.82, 2.24) is 4.31 Å². The summed E-state index contributed by atoms with van der Waals surface area (Å²) in [7, 11) is -3.30. The van der Waals surface area contributed by atoms with Crippen molar-refractivity contribution in [2.75, 3.05) is 13.1 Å². The zero-order chi connectivity index (χ0) is 10.9. The van der Waals surface area contributed by atoms with E-state index in [1.54, 1.807) is 17.5 Å². The summed E-state index contributed by atoms with van der Waals surface area (Å²) in [4.78, 5) is 0. The highest BCUT2D eigenvalue weighted by Gasteiger charge is 2.29. The van der Waals surface area contributed by atoms with E-state index in [0.717, 1.165) is 0 Å². The van der Waals surface area contributed by atoms with Crippen molar-refractivity contribution < 1.29 is 13.5 Å². The molecule has 0 amide bonds. The van der Waals surface area contributed by atoms with Crippen molar-refractivity contribution in [2.24, 2.45) is 0 Å². The van der Waals surface area contributed by atoms with Crippen molar-refractivity contribution in [3.05, 3.63) is 17.5 Å². The molecule has 0 aliphatic carbocycles. The largest absolute Gasteiger partial charge is 0.393 e. The number of nitrogens with zero attached hydrogens (tertiary/aromatic N) is 1. The zero-order valence-corrected chi connectivity index (χ0v) is 9.80. The second-order valence-corrected chi connectivity index (χ2v) is 6.68. The Hall–Kier alpha value is -0.430. The van der Waals surface area contributed by atoms with Crippen LogP contribution in [0.15, 0.2) is 21.7 Å². The lowest BCUT2D eigenvalue weighted by atomic mass is 10.1. The third-order valence-corrected chi connectivity index (χ3v) is 5.78. The van der Waals surface area contributed by atoms with Crippen molar-refractivity contribution in [3.8, 4) is 0 Å². The molecule has 0 unspecified atom stereocenters. The van der Waals surface area contributed by atoms with E-state index in [1.807, 2.05) is 0 Å². The van der Waals surface area contributed by atoms with Gasteiger partial charge in [-0.15, -0.1) is 11.3 Å². The Bertz CT molecular complexity index is 405. The Morgan fingerprint density at radius 2 is 2.07 bits per heavy atom. The molecule has 2 rings (SSSR count). The maximum Gasteiger partial charge on any atom is 0.252 e. The highest BCUT2D eigenvalue weighted by Crippen LogP contribution is 2.23. The van der Waals surface area contributed by atoms with E-state index in [0.29, 0.717) is 30.1 Å². The predicted molar refractivity (Wildman–Crippen MR) is 58.3 cm³/mol. The summed E-state index contributed by atoms with van der Waals surface area (Å²) in [5.74, 6) is 0. The molecule has 0 aromatic carbocycles. The molecule has 0 saturated carbocycles. The Balaban J connectivity index is 2.17. The summed E-state index contributed by atoms with van der Waals surface area (Å²) in [6.45, 7) is 0.836. The molecule has 0 spiro atoms. The Morgan fingerprint density at radius 1 is 1.40 bits per heavy atom. The molecule has 1 aromatic heterocycles. The maximum atomic E-state index is 12.0. The molecule has 1 saturated heterocycles. The fraction of sp³-hybridized carbons (Fsp3) is 0.556. The number of sulfonamides is 1. The maximum absolute atomic E-state index is 12.0. The van der Waals surface area contributed by atoms with Crippen molar-refractivity contribution >= 4 is 21.4 Å². The van der Waals surface area contributed by atoms with Gasteiger partial charge in [0, 0.05) is 13.1 Å². The summed E-state index contributed by atoms with van der Waals surface area (Å²) >= 11 is 1.23. The molecular weight excluding hydrogens is 234 g/mol. The Morgan fingerprint density at radius 3 is 2.60 bits per heavy atom. The van der Waals surface area contributed by atoms with Crippen LogP contribution in [-0.2, 0) is 10.0 Å². The van der Waals surface area contributed by atoms with E-state index < -0.39 is 10.0 Å². The average Bonchev–Trinajstić information content (AvgIpc) is 2.71. The van der Waals surface area contributed by atoms with Gasteiger partial charge >= 0.3 is 0 Å². The summed E-state index contributed by atoms with van der Waals surface area (Å²) in [6.07, 6.45) is 0.717. The van der Waals surface area contributed by atoms with Gasteiger partial charge in [-0.2, -0.15) is 4.31 Å². The molecule has 0 radical (unpaired) electrons. The number of aliphatic hydroxyl groups excluding tert-OH is 1. The van der Waals surface area contributed by atoms with Crippen LogP contribution in [0.3, 0.4) is 0 Å². The van der Waals surface area contributed by atoms with Gasteiger partial charge in [0.2, 0.25) is 0 Å². The lowest BCUT2D eigenvalue weighted by molar-refractivity contribution is 0.113. The highest BCUT2D eigenvalue weighted by molar-refractivity contribution is 7.91. The minimum Gasteiger partial charge on any atom is -0.393 e. The van der Waals surface area contributed by atoms with Gasteiger partial charge in [-0.1, -0.05) is 6.07 Å². The number of hydrogen-bond donors (Lipinski definition) is 1. The first-order valence-corrected chi connectivity index (χ1v) is 7.14. The van der Waals surface area contributed by atoms with Crippen LogP contribution in [0.2, 0.25) is 0 Å². The van der Waals surface area contributed by atoms with Gasteiger partial charge < -0.3 is 5.11 Å². The van der Waals surface area contributed by atoms with Crippen LogP contribution in [0.25, 0.3) is 0 Å². The van der Waals surface area contributed by atoms with Crippen LogP contribution in [0, 0.1) is 0 Å². The molecule has 6 heteroatoms. The molecule has 2 heterocycles. The Labute approximate surface area is 93.2 Å². The first-order chi connectivity index (χ1) is 7.10. The highest BCUT2D eigenvalue weighted by atomic mass is 32.2. The Kier molecular flexibility index (Phi) is 3.11. The fourth-order valence-corrected chi connectivity index (χ4v) is 4.23. The van der Waals surface area contributed by atoms with Gasteiger partial charge in [-0.25, -0.2) is 8.42 Å². The van der Waals surface area contributed by atoms with E-state index >= 15 is 0 Å². The summed E-state index contributed by atoms with van der Waals surface area (Å²) in [5.41, 5.74) is 0. The molecule has 1 aliphatic heterocycles. The second kappa shape index (κ2) is 4.21. The monoisotopic (exact) mass is 247 g/mol. The first kappa shape index (κ1) is 11.1. The van der Waals surface area contributed by atoms with Gasteiger partial charge in [0.25, 0.3) is 10.0 Å². The first-order valence-electron chi connectivity index (χ1n) is 4.82. The smallest absolute Gasteiger partial charge is 0.252 e. The lowest BCUT2D eigenvalue weighted by Gasteiger charge is -2.28. The van der Waals surface area contributed by atoms with E-state index in [2.05, 4.69) is 0 Å². The lowest BCUT2D eigenvalue weighted by Crippen LogP contribution is -2.39. The van der Waals surface area contributed by atoms with Gasteiger partial charge in [-0.05, 0) is 24.3 Å². The molecule has 1 aromatic rings. The topological polar surface area (TPSA) is 57.6 Å². The minimum absolute atomic E-state index is 0.347. The van der Waals surface area contributed by atoms with Crippen LogP contribution in [-0.4, -0.2) is 37.0 Å². The van der Waals surface area contributed by atoms with Crippen molar-refractivity contribution in [3.63, 3.8) is 0 Å². The molecule has 0 atom stereocenters. The normalized spacial score (nSPS) is 20.6. The molecule has 84 valence electrons. The number of hydrogen-bond acceptors (Lipinski definition) is 4. The van der Waals surface area contributed by atoms with Crippen LogP contribution >= 0.6 is 11.3 Å². The quantitative estimate of drug-likeness (QED) is 0.844. The van der Waals surface area contributed by atoms with Crippen LogP contribution in [0.1, 0.15) is 12.8 Å². The number of rotatable bonds is 2. The van der Waals surface area contributed by atoms with Crippen molar-refractivity contribution in [1.29, 1.82) is 0 Å². The number of piperidine rings is 1. The standard InChI is InChI=1S/C9H13NO3S2/c11-8-3-5-10(6-4-8)15(12,13)9-2-1-7-14-9/h1-2,7-8,11H,3-6H2. The molecule has 4 nitrogen and oxygen atoms in total. The molecular formula is C9H13NO3S2. The van der Waals surface area contributed by atoms with Crippen molar-refractivity contribution in [2.45, 2.75) is 23.2 Å². The average molecular weight is 247 g/mol. The molecule has 1 N–H and O–H groups in total. The molecule has 0 bridgehead atoms. The van der Waals surface area contributed by atoms with Crippen LogP contribution < -0.4 is 0 Å². The fourth-order valence-electron chi connectivity index (χ4n) is 1.62. The van der Waals surface area contributed by atoms with E-state index in [-0.39, 0.29) is 6.10 Å². The zero-order valence-electron chi connectivity index (χ0n) is 8.17. The minimum atomic E-state index is -3.30. The van der Waals surface area contributed by atoms with E-state index in [1.165, 1.54) is 15.6 Å². The van der Waals surface area contributed by atoms with Gasteiger partial charge in [0.1, 0.15) is 4.21 Å².